The van der Waals surface area contributed by atoms with E-state index in [1.54, 1.807) is 0 Å². The Morgan fingerprint density at radius 1 is 1.04 bits per heavy atom. The molecule has 2 heterocycles. The van der Waals surface area contributed by atoms with Crippen LogP contribution in [0.15, 0.2) is 34.0 Å². The minimum Gasteiger partial charge on any atom is -0.459 e. The highest BCUT2D eigenvalue weighted by molar-refractivity contribution is 6.40. The fourth-order valence-electron chi connectivity index (χ4n) is 2.29. The number of amides is 3. The third kappa shape index (κ3) is 3.56. The zero-order chi connectivity index (χ0) is 20.4. The lowest BCUT2D eigenvalue weighted by Crippen LogP contribution is -2.47. The van der Waals surface area contributed by atoms with E-state index in [0.29, 0.717) is 0 Å². The van der Waals surface area contributed by atoms with Crippen LogP contribution in [0.3, 0.4) is 0 Å². The largest absolute Gasteiger partial charge is 0.459 e. The van der Waals surface area contributed by atoms with Crippen LogP contribution in [-0.2, 0) is 9.59 Å². The summed E-state index contributed by atoms with van der Waals surface area (Å²) in [4.78, 5) is 35.7. The van der Waals surface area contributed by atoms with E-state index in [9.17, 15) is 31.9 Å². The van der Waals surface area contributed by atoms with Crippen molar-refractivity contribution in [2.45, 2.75) is 12.8 Å². The number of hydrazine groups is 1. The molecule has 0 bridgehead atoms. The monoisotopic (exact) mass is 398 g/mol. The van der Waals surface area contributed by atoms with E-state index >= 15 is 0 Å². The van der Waals surface area contributed by atoms with Gasteiger partial charge in [-0.3, -0.25) is 25.2 Å². The van der Waals surface area contributed by atoms with E-state index in [1.165, 1.54) is 18.4 Å². The van der Waals surface area contributed by atoms with Crippen LogP contribution in [0.1, 0.15) is 23.4 Å². The molecule has 0 atom stereocenters. The molecule has 8 nitrogen and oxygen atoms in total. The minimum absolute atomic E-state index is 0.0237. The molecule has 2 N–H and O–H groups in total. The number of halogens is 4. The zero-order valence-electron chi connectivity index (χ0n) is 13.8. The zero-order valence-corrected chi connectivity index (χ0v) is 13.8. The lowest BCUT2D eigenvalue weighted by Gasteiger charge is -2.24. The van der Waals surface area contributed by atoms with Crippen LogP contribution in [0.4, 0.5) is 23.2 Å². The van der Waals surface area contributed by atoms with Gasteiger partial charge in [0.2, 0.25) is 5.91 Å². The number of rotatable bonds is 3. The number of nitrogens with zero attached hydrogens (tertiary/aromatic N) is 2. The first-order valence-corrected chi connectivity index (χ1v) is 7.67. The highest BCUT2D eigenvalue weighted by Crippen LogP contribution is 2.30. The van der Waals surface area contributed by atoms with E-state index in [4.69, 9.17) is 4.42 Å². The third-order valence-corrected chi connectivity index (χ3v) is 3.63. The summed E-state index contributed by atoms with van der Waals surface area (Å²) in [6, 6.07) is 2.74. The Labute approximate surface area is 153 Å². The molecule has 3 rings (SSSR count). The number of furan rings is 1. The van der Waals surface area contributed by atoms with Gasteiger partial charge >= 0.3 is 5.91 Å². The number of hydrogen-bond donors (Lipinski definition) is 2. The molecule has 0 fully saturated rings. The highest BCUT2D eigenvalue weighted by atomic mass is 19.2. The minimum atomic E-state index is -1.84. The van der Waals surface area contributed by atoms with Crippen molar-refractivity contribution in [2.75, 3.05) is 5.01 Å². The first-order chi connectivity index (χ1) is 13.3. The van der Waals surface area contributed by atoms with E-state index < -0.39 is 58.8 Å². The quantitative estimate of drug-likeness (QED) is 0.467. The standard InChI is InChI=1S/C16H10F4N4O4/c17-7-6-8(18)13(20)14(12(7)19)24-11(25)4-3-9(23-24)15(26)21-22-16(27)10-2-1-5-28-10/h1-2,5-6H,3-4H2,(H,21,26)(H,22,27). The summed E-state index contributed by atoms with van der Waals surface area (Å²) >= 11 is 0. The van der Waals surface area contributed by atoms with Crippen molar-refractivity contribution in [2.24, 2.45) is 5.10 Å². The Morgan fingerprint density at radius 2 is 1.68 bits per heavy atom. The molecule has 28 heavy (non-hydrogen) atoms. The summed E-state index contributed by atoms with van der Waals surface area (Å²) in [5, 5.41) is 3.55. The second-order valence-electron chi connectivity index (χ2n) is 5.45. The highest BCUT2D eigenvalue weighted by Gasteiger charge is 2.32. The van der Waals surface area contributed by atoms with Gasteiger partial charge in [0, 0.05) is 18.9 Å². The Balaban J connectivity index is 1.83. The maximum absolute atomic E-state index is 13.9. The van der Waals surface area contributed by atoms with E-state index in [2.05, 4.69) is 5.10 Å². The number of carbonyl (C=O) groups excluding carboxylic acids is 3. The average molecular weight is 398 g/mol. The smallest absolute Gasteiger partial charge is 0.305 e. The van der Waals surface area contributed by atoms with Gasteiger partial charge in [0.15, 0.2) is 29.0 Å². The van der Waals surface area contributed by atoms with Gasteiger partial charge in [0.05, 0.1) is 6.26 Å². The Morgan fingerprint density at radius 3 is 2.29 bits per heavy atom. The van der Waals surface area contributed by atoms with Crippen molar-refractivity contribution < 1.29 is 36.4 Å². The van der Waals surface area contributed by atoms with Gasteiger partial charge < -0.3 is 4.42 Å². The van der Waals surface area contributed by atoms with Gasteiger partial charge in [-0.1, -0.05) is 0 Å². The van der Waals surface area contributed by atoms with Gasteiger partial charge in [-0.25, -0.2) is 17.6 Å². The van der Waals surface area contributed by atoms with Crippen LogP contribution in [0.5, 0.6) is 0 Å². The van der Waals surface area contributed by atoms with Crippen LogP contribution in [0, 0.1) is 23.3 Å². The van der Waals surface area contributed by atoms with Gasteiger partial charge in [-0.2, -0.15) is 10.1 Å². The maximum Gasteiger partial charge on any atom is 0.305 e. The second-order valence-corrected chi connectivity index (χ2v) is 5.45. The number of benzene rings is 1. The molecule has 2 aromatic rings. The topological polar surface area (TPSA) is 104 Å². The second kappa shape index (κ2) is 7.50. The van der Waals surface area contributed by atoms with E-state index in [0.717, 1.165) is 0 Å². The number of nitrogens with one attached hydrogen (secondary N) is 2. The molecule has 0 unspecified atom stereocenters. The van der Waals surface area contributed by atoms with Crippen molar-refractivity contribution in [1.29, 1.82) is 0 Å². The number of hydrogen-bond acceptors (Lipinski definition) is 5. The predicted octanol–water partition coefficient (Wildman–Crippen LogP) is 1.78. The van der Waals surface area contributed by atoms with Crippen molar-refractivity contribution in [3.05, 3.63) is 53.5 Å². The number of anilines is 1. The number of carbonyl (C=O) groups is 3. The van der Waals surface area contributed by atoms with Crippen molar-refractivity contribution in [3.63, 3.8) is 0 Å². The Hall–Kier alpha value is -3.70. The fraction of sp³-hybridized carbons (Fsp3) is 0.125. The molecular weight excluding hydrogens is 388 g/mol. The summed E-state index contributed by atoms with van der Waals surface area (Å²) in [6.45, 7) is 0. The van der Waals surface area contributed by atoms with Crippen molar-refractivity contribution in [1.82, 2.24) is 10.9 Å². The molecule has 1 aliphatic heterocycles. The van der Waals surface area contributed by atoms with E-state index in [-0.39, 0.29) is 23.3 Å². The van der Waals surface area contributed by atoms with Crippen LogP contribution in [0.2, 0.25) is 0 Å². The predicted molar refractivity (Wildman–Crippen MR) is 84.7 cm³/mol. The molecule has 3 amide bonds. The average Bonchev–Trinajstić information content (AvgIpc) is 3.20. The fourth-order valence-corrected chi connectivity index (χ4v) is 2.29. The molecule has 1 aliphatic rings. The first kappa shape index (κ1) is 19.1. The summed E-state index contributed by atoms with van der Waals surface area (Å²) in [6.07, 6.45) is 0.570. The normalized spacial score (nSPS) is 13.9. The molecule has 146 valence electrons. The molecule has 0 spiro atoms. The van der Waals surface area contributed by atoms with Gasteiger partial charge in [0.25, 0.3) is 5.91 Å². The van der Waals surface area contributed by atoms with Gasteiger partial charge in [-0.15, -0.1) is 0 Å². The molecule has 0 radical (unpaired) electrons. The van der Waals surface area contributed by atoms with Crippen LogP contribution in [-0.4, -0.2) is 23.4 Å². The van der Waals surface area contributed by atoms with Crippen molar-refractivity contribution in [3.8, 4) is 0 Å². The lowest BCUT2D eigenvalue weighted by atomic mass is 10.1. The molecule has 1 aromatic carbocycles. The summed E-state index contributed by atoms with van der Waals surface area (Å²) in [5.41, 5.74) is 2.18. The Bertz CT molecular complexity index is 965. The van der Waals surface area contributed by atoms with E-state index in [1.807, 2.05) is 10.9 Å². The first-order valence-electron chi connectivity index (χ1n) is 7.67. The molecule has 1 aromatic heterocycles. The van der Waals surface area contributed by atoms with Crippen LogP contribution in [0.25, 0.3) is 0 Å². The maximum atomic E-state index is 13.9. The molecular formula is C16H10F4N4O4. The molecule has 0 saturated carbocycles. The summed E-state index contributed by atoms with van der Waals surface area (Å²) < 4.78 is 59.5. The van der Waals surface area contributed by atoms with Crippen molar-refractivity contribution >= 4 is 29.1 Å². The summed E-state index contributed by atoms with van der Waals surface area (Å²) in [5.74, 6) is -10.1. The van der Waals surface area contributed by atoms with Crippen LogP contribution < -0.4 is 15.9 Å². The summed E-state index contributed by atoms with van der Waals surface area (Å²) in [7, 11) is 0. The molecule has 0 aliphatic carbocycles. The SMILES string of the molecule is O=C(NNC(=O)c1ccco1)C1=NN(c2c(F)c(F)cc(F)c2F)C(=O)CC1. The van der Waals surface area contributed by atoms with Gasteiger partial charge in [-0.05, 0) is 12.1 Å². The van der Waals surface area contributed by atoms with Gasteiger partial charge in [0.1, 0.15) is 11.4 Å². The third-order valence-electron chi connectivity index (χ3n) is 3.63. The molecule has 12 heteroatoms. The number of hydrazone groups is 1. The molecule has 0 saturated heterocycles. The lowest BCUT2D eigenvalue weighted by molar-refractivity contribution is -0.119. The Kier molecular flexibility index (Phi) is 5.11. The van der Waals surface area contributed by atoms with Crippen LogP contribution >= 0.6 is 0 Å².